The van der Waals surface area contributed by atoms with Crippen molar-refractivity contribution < 1.29 is 14.7 Å². The Hall–Kier alpha value is -2.45. The molecule has 26 heavy (non-hydrogen) atoms. The molecule has 2 aromatic heterocycles. The van der Waals surface area contributed by atoms with Crippen LogP contribution in [0.3, 0.4) is 0 Å². The molecule has 1 aromatic carbocycles. The second-order valence-electron chi connectivity index (χ2n) is 5.64. The van der Waals surface area contributed by atoms with Gasteiger partial charge >= 0.3 is 5.97 Å². The number of hydrogen-bond acceptors (Lipinski definition) is 6. The van der Waals surface area contributed by atoms with Crippen LogP contribution in [0.4, 0.5) is 0 Å². The van der Waals surface area contributed by atoms with Crippen molar-refractivity contribution in [3.8, 4) is 11.1 Å². The summed E-state index contributed by atoms with van der Waals surface area (Å²) in [6, 6.07) is 8.31. The molecule has 6 nitrogen and oxygen atoms in total. The molecule has 2 heterocycles. The Morgan fingerprint density at radius 3 is 2.73 bits per heavy atom. The van der Waals surface area contributed by atoms with Gasteiger partial charge in [-0.05, 0) is 12.5 Å². The van der Waals surface area contributed by atoms with E-state index in [1.807, 2.05) is 0 Å². The van der Waals surface area contributed by atoms with Gasteiger partial charge in [0.25, 0.3) is 0 Å². The van der Waals surface area contributed by atoms with Crippen LogP contribution in [-0.4, -0.2) is 39.2 Å². The first kappa shape index (κ1) is 18.3. The van der Waals surface area contributed by atoms with E-state index in [4.69, 9.17) is 5.11 Å². The number of fused-ring (bicyclic) bond motifs is 1. The minimum atomic E-state index is -1.05. The maximum atomic E-state index is 11.7. The molecule has 0 radical (unpaired) electrons. The van der Waals surface area contributed by atoms with E-state index in [0.29, 0.717) is 5.75 Å². The highest BCUT2D eigenvalue weighted by molar-refractivity contribution is 7.99. The lowest BCUT2D eigenvalue weighted by Gasteiger charge is -2.06. The Bertz CT molecular complexity index is 939. The average molecular weight is 387 g/mol. The number of hydrogen-bond donors (Lipinski definition) is 2. The van der Waals surface area contributed by atoms with E-state index in [2.05, 4.69) is 51.9 Å². The van der Waals surface area contributed by atoms with E-state index in [0.717, 1.165) is 26.4 Å². The number of nitrogens with zero attached hydrogens (tertiary/aromatic N) is 2. The Morgan fingerprint density at radius 1 is 1.23 bits per heavy atom. The van der Waals surface area contributed by atoms with Gasteiger partial charge < -0.3 is 10.4 Å². The molecule has 0 fully saturated rings. The molecule has 0 atom stereocenters. The smallest absolute Gasteiger partial charge is 0.322 e. The third-order valence-corrected chi connectivity index (χ3v) is 5.58. The Morgan fingerprint density at radius 2 is 2.00 bits per heavy atom. The summed E-state index contributed by atoms with van der Waals surface area (Å²) in [5.74, 6) is -0.820. The largest absolute Gasteiger partial charge is 0.480 e. The van der Waals surface area contributed by atoms with Gasteiger partial charge in [0.2, 0.25) is 5.91 Å². The number of carbonyl (C=O) groups excluding carboxylic acids is 1. The Labute approximate surface area is 158 Å². The number of thiophene rings is 1. The van der Waals surface area contributed by atoms with Gasteiger partial charge in [-0.1, -0.05) is 29.8 Å². The van der Waals surface area contributed by atoms with Gasteiger partial charge in [-0.25, -0.2) is 9.97 Å². The fourth-order valence-electron chi connectivity index (χ4n) is 2.41. The second kappa shape index (κ2) is 8.29. The molecular weight excluding hydrogens is 370 g/mol. The second-order valence-corrected chi connectivity index (χ2v) is 7.59. The van der Waals surface area contributed by atoms with Gasteiger partial charge in [0.1, 0.15) is 22.7 Å². The van der Waals surface area contributed by atoms with Crippen molar-refractivity contribution in [1.29, 1.82) is 0 Å². The van der Waals surface area contributed by atoms with Crippen molar-refractivity contribution in [3.05, 3.63) is 41.5 Å². The zero-order valence-electron chi connectivity index (χ0n) is 14.1. The molecule has 0 aliphatic carbocycles. The maximum Gasteiger partial charge on any atom is 0.322 e. The minimum Gasteiger partial charge on any atom is -0.480 e. The summed E-state index contributed by atoms with van der Waals surface area (Å²) < 4.78 is 0. The molecule has 0 bridgehead atoms. The van der Waals surface area contributed by atoms with Crippen molar-refractivity contribution in [3.63, 3.8) is 0 Å². The van der Waals surface area contributed by atoms with E-state index in [-0.39, 0.29) is 18.9 Å². The molecule has 0 aliphatic rings. The molecule has 2 N–H and O–H groups in total. The van der Waals surface area contributed by atoms with Crippen LogP contribution < -0.4 is 5.32 Å². The first-order valence-corrected chi connectivity index (χ1v) is 9.81. The number of carboxylic acid groups (broad SMARTS) is 1. The maximum absolute atomic E-state index is 11.7. The molecule has 8 heteroatoms. The fraction of sp³-hybridized carbons (Fsp3) is 0.222. The number of carbonyl (C=O) groups is 2. The number of amides is 1. The SMILES string of the molecule is Cc1ccc(-c2csc3ncnc(SCCC(=O)NCC(=O)O)c23)cc1. The van der Waals surface area contributed by atoms with E-state index < -0.39 is 5.97 Å². The van der Waals surface area contributed by atoms with Crippen molar-refractivity contribution in [2.24, 2.45) is 0 Å². The van der Waals surface area contributed by atoms with Crippen LogP contribution in [0, 0.1) is 6.92 Å². The van der Waals surface area contributed by atoms with E-state index in [1.54, 1.807) is 11.3 Å². The van der Waals surface area contributed by atoms with Crippen molar-refractivity contribution in [1.82, 2.24) is 15.3 Å². The van der Waals surface area contributed by atoms with Crippen LogP contribution in [-0.2, 0) is 9.59 Å². The highest BCUT2D eigenvalue weighted by Gasteiger charge is 2.14. The number of carboxylic acids is 1. The normalized spacial score (nSPS) is 10.8. The summed E-state index contributed by atoms with van der Waals surface area (Å²) in [4.78, 5) is 31.8. The molecule has 134 valence electrons. The first-order chi connectivity index (χ1) is 12.5. The average Bonchev–Trinajstić information content (AvgIpc) is 3.05. The summed E-state index contributed by atoms with van der Waals surface area (Å²) in [5, 5.41) is 14.8. The monoisotopic (exact) mass is 387 g/mol. The molecule has 1 amide bonds. The Balaban J connectivity index is 1.76. The lowest BCUT2D eigenvalue weighted by atomic mass is 10.1. The summed E-state index contributed by atoms with van der Waals surface area (Å²) in [6.07, 6.45) is 1.76. The van der Waals surface area contributed by atoms with Gasteiger partial charge in [0.15, 0.2) is 0 Å². The van der Waals surface area contributed by atoms with E-state index in [9.17, 15) is 9.59 Å². The molecule has 3 rings (SSSR count). The number of aliphatic carboxylic acids is 1. The summed E-state index contributed by atoms with van der Waals surface area (Å²) >= 11 is 3.05. The quantitative estimate of drug-likeness (QED) is 0.477. The van der Waals surface area contributed by atoms with Gasteiger partial charge in [0.05, 0.1) is 5.39 Å². The van der Waals surface area contributed by atoms with Gasteiger partial charge in [-0.2, -0.15) is 0 Å². The van der Waals surface area contributed by atoms with Crippen LogP contribution in [0.15, 0.2) is 41.0 Å². The van der Waals surface area contributed by atoms with Crippen LogP contribution in [0.5, 0.6) is 0 Å². The van der Waals surface area contributed by atoms with Crippen molar-refractivity contribution in [2.75, 3.05) is 12.3 Å². The summed E-state index contributed by atoms with van der Waals surface area (Å²) in [7, 11) is 0. The number of aryl methyl sites for hydroxylation is 1. The molecule has 0 unspecified atom stereocenters. The van der Waals surface area contributed by atoms with Crippen molar-refractivity contribution in [2.45, 2.75) is 18.4 Å². The fourth-order valence-corrected chi connectivity index (χ4v) is 4.34. The zero-order valence-corrected chi connectivity index (χ0v) is 15.7. The Kier molecular flexibility index (Phi) is 5.85. The minimum absolute atomic E-state index is 0.230. The van der Waals surface area contributed by atoms with Gasteiger partial charge in [0, 0.05) is 23.1 Å². The van der Waals surface area contributed by atoms with Crippen LogP contribution in [0.1, 0.15) is 12.0 Å². The first-order valence-electron chi connectivity index (χ1n) is 7.95. The lowest BCUT2D eigenvalue weighted by molar-refractivity contribution is -0.137. The number of thioether (sulfide) groups is 1. The van der Waals surface area contributed by atoms with E-state index in [1.165, 1.54) is 23.7 Å². The van der Waals surface area contributed by atoms with Crippen LogP contribution in [0.2, 0.25) is 0 Å². The molecule has 0 saturated carbocycles. The molecule has 3 aromatic rings. The highest BCUT2D eigenvalue weighted by Crippen LogP contribution is 2.37. The number of benzene rings is 1. The van der Waals surface area contributed by atoms with Gasteiger partial charge in [-0.15, -0.1) is 23.1 Å². The summed E-state index contributed by atoms with van der Waals surface area (Å²) in [5.41, 5.74) is 3.40. The van der Waals surface area contributed by atoms with Gasteiger partial charge in [-0.3, -0.25) is 9.59 Å². The standard InChI is InChI=1S/C18H17N3O3S2/c1-11-2-4-12(5-3-11)13-9-26-18-16(13)17(20-10-21-18)25-7-6-14(22)19-8-15(23)24/h2-5,9-10H,6-8H2,1H3,(H,19,22)(H,23,24). The number of nitrogens with one attached hydrogen (secondary N) is 1. The summed E-state index contributed by atoms with van der Waals surface area (Å²) in [6.45, 7) is 1.69. The molecule has 0 aliphatic heterocycles. The van der Waals surface area contributed by atoms with Crippen LogP contribution in [0.25, 0.3) is 21.3 Å². The van der Waals surface area contributed by atoms with Crippen molar-refractivity contribution >= 4 is 45.2 Å². The number of aromatic nitrogens is 2. The zero-order chi connectivity index (χ0) is 18.5. The highest BCUT2D eigenvalue weighted by atomic mass is 32.2. The lowest BCUT2D eigenvalue weighted by Crippen LogP contribution is -2.29. The van der Waals surface area contributed by atoms with E-state index >= 15 is 0 Å². The predicted molar refractivity (Wildman–Crippen MR) is 104 cm³/mol. The third-order valence-electron chi connectivity index (χ3n) is 3.70. The van der Waals surface area contributed by atoms with Crippen LogP contribution >= 0.6 is 23.1 Å². The molecule has 0 saturated heterocycles. The topological polar surface area (TPSA) is 92.2 Å². The predicted octanol–water partition coefficient (Wildman–Crippen LogP) is 3.35. The molecular formula is C18H17N3O3S2. The number of rotatable bonds is 7. The third kappa shape index (κ3) is 4.39. The molecule has 0 spiro atoms.